The monoisotopic (exact) mass is 522 g/mol. The molecule has 3 aromatic carbocycles. The number of hydrogen-bond acceptors (Lipinski definition) is 4. The van der Waals surface area contributed by atoms with Gasteiger partial charge in [-0.15, -0.1) is 0 Å². The predicted octanol–water partition coefficient (Wildman–Crippen LogP) is 3.13. The molecule has 3 heterocycles. The average molecular weight is 523 g/mol. The quantitative estimate of drug-likeness (QED) is 0.310. The first kappa shape index (κ1) is 24.9. The molecular weight excluding hydrogens is 492 g/mol. The summed E-state index contributed by atoms with van der Waals surface area (Å²) in [4.78, 5) is 46.1. The van der Waals surface area contributed by atoms with Crippen LogP contribution in [0.15, 0.2) is 78.9 Å². The van der Waals surface area contributed by atoms with Gasteiger partial charge in [0.15, 0.2) is 0 Å². The Morgan fingerprint density at radius 3 is 2.59 bits per heavy atom. The fourth-order valence-corrected chi connectivity index (χ4v) is 5.86. The number of hydrogen-bond donors (Lipinski definition) is 3. The summed E-state index contributed by atoms with van der Waals surface area (Å²) in [7, 11) is 1.57. The van der Waals surface area contributed by atoms with Crippen molar-refractivity contribution in [3.8, 4) is 0 Å². The Hall–Kier alpha value is -4.43. The Balaban J connectivity index is 1.35. The number of rotatable bonds is 8. The van der Waals surface area contributed by atoms with E-state index in [9.17, 15) is 14.4 Å². The van der Waals surface area contributed by atoms with E-state index in [4.69, 9.17) is 4.74 Å². The second kappa shape index (κ2) is 10.4. The maximum absolute atomic E-state index is 14.0. The van der Waals surface area contributed by atoms with Crippen molar-refractivity contribution in [2.75, 3.05) is 20.3 Å². The zero-order valence-electron chi connectivity index (χ0n) is 21.6. The van der Waals surface area contributed by atoms with Gasteiger partial charge in [-0.25, -0.2) is 0 Å². The van der Waals surface area contributed by atoms with Crippen LogP contribution in [0.2, 0.25) is 0 Å². The molecule has 3 atom stereocenters. The molecule has 3 unspecified atom stereocenters. The first-order valence-corrected chi connectivity index (χ1v) is 13.2. The Labute approximate surface area is 226 Å². The van der Waals surface area contributed by atoms with Gasteiger partial charge in [-0.3, -0.25) is 14.4 Å². The molecule has 0 aliphatic carbocycles. The Morgan fingerprint density at radius 2 is 1.77 bits per heavy atom. The zero-order valence-corrected chi connectivity index (χ0v) is 21.6. The number of amides is 3. The highest BCUT2D eigenvalue weighted by atomic mass is 16.5. The van der Waals surface area contributed by atoms with Crippen molar-refractivity contribution in [3.63, 3.8) is 0 Å². The van der Waals surface area contributed by atoms with Crippen LogP contribution in [0.5, 0.6) is 0 Å². The van der Waals surface area contributed by atoms with Gasteiger partial charge < -0.3 is 25.3 Å². The topological polar surface area (TPSA) is 104 Å². The van der Waals surface area contributed by atoms with Crippen LogP contribution < -0.4 is 10.6 Å². The average Bonchev–Trinajstić information content (AvgIpc) is 3.48. The normalized spacial score (nSPS) is 18.3. The largest absolute Gasteiger partial charge is 0.383 e. The molecule has 198 valence electrons. The maximum atomic E-state index is 14.0. The summed E-state index contributed by atoms with van der Waals surface area (Å²) in [6.07, 6.45) is 0.679. The molecule has 2 aliphatic rings. The first-order chi connectivity index (χ1) is 19.1. The number of ether oxygens (including phenoxy) is 1. The second-order valence-corrected chi connectivity index (χ2v) is 10.0. The molecule has 1 aromatic heterocycles. The molecule has 6 rings (SSSR count). The third-order valence-corrected chi connectivity index (χ3v) is 7.68. The SMILES string of the molecule is COCCNC(=O)C(Cc1ccccc1)NC(=O)C1Cc2c([nH]c3ccccc23)C2c3ccccc3C(=O)N12. The lowest BCUT2D eigenvalue weighted by atomic mass is 9.89. The highest BCUT2D eigenvalue weighted by Gasteiger charge is 2.49. The van der Waals surface area contributed by atoms with Crippen LogP contribution in [-0.4, -0.2) is 60.0 Å². The van der Waals surface area contributed by atoms with Gasteiger partial charge >= 0.3 is 0 Å². The van der Waals surface area contributed by atoms with Crippen LogP contribution >= 0.6 is 0 Å². The molecule has 0 saturated heterocycles. The van der Waals surface area contributed by atoms with E-state index in [-0.39, 0.29) is 17.7 Å². The highest BCUT2D eigenvalue weighted by molar-refractivity contribution is 6.04. The third kappa shape index (κ3) is 4.46. The summed E-state index contributed by atoms with van der Waals surface area (Å²) in [5.41, 5.74) is 5.35. The molecule has 0 spiro atoms. The fraction of sp³-hybridized carbons (Fsp3) is 0.258. The van der Waals surface area contributed by atoms with E-state index in [1.54, 1.807) is 12.0 Å². The number of carbonyl (C=O) groups excluding carboxylic acids is 3. The molecule has 8 heteroatoms. The molecule has 0 saturated carbocycles. The standard InChI is InChI=1S/C31H30N4O4/c1-39-16-15-32-29(36)25(17-19-9-3-2-4-10-19)34-30(37)26-18-23-20-11-7-8-14-24(20)33-27(23)28-21-12-5-6-13-22(21)31(38)35(26)28/h2-14,25-26,28,33H,15-18H2,1H3,(H,32,36)(H,34,37). The minimum absolute atomic E-state index is 0.177. The van der Waals surface area contributed by atoms with Gasteiger partial charge in [0, 0.05) is 48.7 Å². The van der Waals surface area contributed by atoms with E-state index in [1.807, 2.05) is 78.9 Å². The second-order valence-electron chi connectivity index (χ2n) is 10.0. The molecule has 8 nitrogen and oxygen atoms in total. The summed E-state index contributed by atoms with van der Waals surface area (Å²) in [5, 5.41) is 6.89. The van der Waals surface area contributed by atoms with Crippen LogP contribution in [0.1, 0.15) is 38.8 Å². The summed E-state index contributed by atoms with van der Waals surface area (Å²) in [5.74, 6) is -0.815. The zero-order chi connectivity index (χ0) is 26.9. The molecule has 4 aromatic rings. The Bertz CT molecular complexity index is 1550. The highest BCUT2D eigenvalue weighted by Crippen LogP contribution is 2.46. The van der Waals surface area contributed by atoms with E-state index in [0.717, 1.165) is 33.3 Å². The Kier molecular flexibility index (Phi) is 6.62. The summed E-state index contributed by atoms with van der Waals surface area (Å²) in [6, 6.07) is 23.1. The van der Waals surface area contributed by atoms with Crippen molar-refractivity contribution in [1.29, 1.82) is 0 Å². The number of carbonyl (C=O) groups is 3. The van der Waals surface area contributed by atoms with Gasteiger partial charge in [0.1, 0.15) is 12.1 Å². The lowest BCUT2D eigenvalue weighted by Gasteiger charge is -2.37. The van der Waals surface area contributed by atoms with Crippen molar-refractivity contribution < 1.29 is 19.1 Å². The van der Waals surface area contributed by atoms with Gasteiger partial charge in [-0.2, -0.15) is 0 Å². The van der Waals surface area contributed by atoms with E-state index in [2.05, 4.69) is 15.6 Å². The van der Waals surface area contributed by atoms with Gasteiger partial charge in [-0.05, 0) is 28.8 Å². The number of nitrogens with one attached hydrogen (secondary N) is 3. The van der Waals surface area contributed by atoms with Gasteiger partial charge in [0.05, 0.1) is 12.6 Å². The molecular formula is C31H30N4O4. The van der Waals surface area contributed by atoms with Crippen molar-refractivity contribution >= 4 is 28.6 Å². The summed E-state index contributed by atoms with van der Waals surface area (Å²) >= 11 is 0. The number of para-hydroxylation sites is 1. The minimum atomic E-state index is -0.806. The van der Waals surface area contributed by atoms with Crippen LogP contribution in [0.4, 0.5) is 0 Å². The lowest BCUT2D eigenvalue weighted by Crippen LogP contribution is -2.57. The number of benzene rings is 3. The number of fused-ring (bicyclic) bond motifs is 7. The fourth-order valence-electron chi connectivity index (χ4n) is 5.86. The van der Waals surface area contributed by atoms with E-state index in [0.29, 0.717) is 31.6 Å². The number of methoxy groups -OCH3 is 1. The summed E-state index contributed by atoms with van der Waals surface area (Å²) < 4.78 is 5.07. The molecule has 3 N–H and O–H groups in total. The molecule has 39 heavy (non-hydrogen) atoms. The summed E-state index contributed by atoms with van der Waals surface area (Å²) in [6.45, 7) is 0.701. The predicted molar refractivity (Wildman–Crippen MR) is 147 cm³/mol. The Morgan fingerprint density at radius 1 is 1.03 bits per heavy atom. The molecule has 0 radical (unpaired) electrons. The van der Waals surface area contributed by atoms with E-state index < -0.39 is 18.1 Å². The van der Waals surface area contributed by atoms with E-state index in [1.165, 1.54) is 0 Å². The van der Waals surface area contributed by atoms with Gasteiger partial charge in [0.25, 0.3) is 5.91 Å². The smallest absolute Gasteiger partial charge is 0.255 e. The third-order valence-electron chi connectivity index (χ3n) is 7.68. The van der Waals surface area contributed by atoms with E-state index >= 15 is 0 Å². The first-order valence-electron chi connectivity index (χ1n) is 13.2. The minimum Gasteiger partial charge on any atom is -0.383 e. The molecule has 3 amide bonds. The van der Waals surface area contributed by atoms with Crippen molar-refractivity contribution in [2.45, 2.75) is 31.0 Å². The van der Waals surface area contributed by atoms with Crippen LogP contribution in [-0.2, 0) is 27.2 Å². The molecule has 2 aliphatic heterocycles. The number of aromatic amines is 1. The molecule has 0 bridgehead atoms. The number of H-pyrrole nitrogens is 1. The van der Waals surface area contributed by atoms with Crippen LogP contribution in [0.3, 0.4) is 0 Å². The van der Waals surface area contributed by atoms with Crippen LogP contribution in [0.25, 0.3) is 10.9 Å². The van der Waals surface area contributed by atoms with Crippen molar-refractivity contribution in [2.24, 2.45) is 0 Å². The van der Waals surface area contributed by atoms with Crippen molar-refractivity contribution in [1.82, 2.24) is 20.5 Å². The number of aromatic nitrogens is 1. The van der Waals surface area contributed by atoms with Crippen molar-refractivity contribution in [3.05, 3.63) is 107 Å². The van der Waals surface area contributed by atoms with Crippen LogP contribution in [0, 0.1) is 0 Å². The maximum Gasteiger partial charge on any atom is 0.255 e. The number of nitrogens with zero attached hydrogens (tertiary/aromatic N) is 1. The van der Waals surface area contributed by atoms with Gasteiger partial charge in [-0.1, -0.05) is 66.7 Å². The van der Waals surface area contributed by atoms with Gasteiger partial charge in [0.2, 0.25) is 11.8 Å². The molecule has 0 fully saturated rings. The lowest BCUT2D eigenvalue weighted by molar-refractivity contribution is -0.132.